The standard InChI is InChI=1S/C42H48N8O8/c1-26(2)35(47-41(56)57-3)38(53)49-22-8-12-33(49)36-43-24-32(46-36)29-16-14-27(15-17-29)28-18-20-31(21-19-28)45-40(55)48-37(52)34-13-9-23-50(34)39(54)42(58-4,44-25-51)30-10-6-5-7-11-30/h5-7,10-11,14-21,24-26,33-35H,8-9,12-13,22-23H2,1-4H3,(H,43,46)(H,44,51)(H,47,56)(H2,45,48,52,55)/t33-,34-,35-,42+/m0/s1. The number of nitrogens with zero attached hydrogens (tertiary/aromatic N) is 3. The number of hydrogen-bond acceptors (Lipinski definition) is 9. The Morgan fingerprint density at radius 2 is 1.50 bits per heavy atom. The Balaban J connectivity index is 1.05. The number of likely N-dealkylation sites (tertiary alicyclic amines) is 2. The summed E-state index contributed by atoms with van der Waals surface area (Å²) in [5.41, 5.74) is 2.52. The summed E-state index contributed by atoms with van der Waals surface area (Å²) in [4.78, 5) is 88.2. The third kappa shape index (κ3) is 8.71. The molecule has 3 aromatic carbocycles. The van der Waals surface area contributed by atoms with E-state index < -0.39 is 41.7 Å². The van der Waals surface area contributed by atoms with Crippen LogP contribution in [0.2, 0.25) is 0 Å². The molecule has 0 radical (unpaired) electrons. The van der Waals surface area contributed by atoms with E-state index in [4.69, 9.17) is 9.47 Å². The molecule has 0 spiro atoms. The van der Waals surface area contributed by atoms with Crippen LogP contribution in [0.15, 0.2) is 85.1 Å². The minimum Gasteiger partial charge on any atom is -0.453 e. The predicted octanol–water partition coefficient (Wildman–Crippen LogP) is 4.67. The molecule has 0 bridgehead atoms. The monoisotopic (exact) mass is 792 g/mol. The number of aromatic amines is 1. The average Bonchev–Trinajstić information content (AvgIpc) is 4.04. The number of amides is 7. The van der Waals surface area contributed by atoms with Crippen LogP contribution in [-0.4, -0.2) is 95.4 Å². The molecule has 16 nitrogen and oxygen atoms in total. The van der Waals surface area contributed by atoms with Gasteiger partial charge in [-0.05, 0) is 60.4 Å². The Morgan fingerprint density at radius 1 is 0.862 bits per heavy atom. The molecule has 16 heteroatoms. The average molecular weight is 793 g/mol. The summed E-state index contributed by atoms with van der Waals surface area (Å²) in [5.74, 6) is -0.908. The van der Waals surface area contributed by atoms with Crippen molar-refractivity contribution in [3.8, 4) is 22.4 Å². The topological polar surface area (TPSA) is 204 Å². The third-order valence-electron chi connectivity index (χ3n) is 10.6. The van der Waals surface area contributed by atoms with E-state index in [0.717, 1.165) is 35.2 Å². The minimum absolute atomic E-state index is 0.131. The lowest BCUT2D eigenvalue weighted by molar-refractivity contribution is -0.165. The quantitative estimate of drug-likeness (QED) is 0.0942. The number of ether oxygens (including phenoxy) is 2. The molecule has 4 atom stereocenters. The molecule has 2 fully saturated rings. The lowest BCUT2D eigenvalue weighted by Gasteiger charge is -2.36. The number of aromatic nitrogens is 2. The van der Waals surface area contributed by atoms with Crippen LogP contribution in [0.4, 0.5) is 15.3 Å². The SMILES string of the molecule is COC(=O)N[C@H](C(=O)N1CCC[C@H]1c1ncc(-c2ccc(-c3ccc(NC(=O)NC(=O)[C@@H]4CCCN4C(=O)[C@](NC=O)(OC)c4ccccc4)cc3)cc2)[nH]1)C(C)C. The summed E-state index contributed by atoms with van der Waals surface area (Å²) in [6.07, 6.45) is 3.88. The van der Waals surface area contributed by atoms with Gasteiger partial charge in [0.05, 0.1) is 25.0 Å². The molecule has 1 aromatic heterocycles. The van der Waals surface area contributed by atoms with E-state index in [9.17, 15) is 28.8 Å². The van der Waals surface area contributed by atoms with Crippen molar-refractivity contribution in [3.63, 3.8) is 0 Å². The number of carbonyl (C=O) groups excluding carboxylic acids is 6. The molecule has 0 aliphatic carbocycles. The van der Waals surface area contributed by atoms with Crippen LogP contribution >= 0.6 is 0 Å². The van der Waals surface area contributed by atoms with Crippen LogP contribution in [-0.2, 0) is 34.4 Å². The third-order valence-corrected chi connectivity index (χ3v) is 10.6. The summed E-state index contributed by atoms with van der Waals surface area (Å²) in [5, 5.41) is 10.2. The van der Waals surface area contributed by atoms with Crippen molar-refractivity contribution in [1.82, 2.24) is 35.7 Å². The van der Waals surface area contributed by atoms with Crippen LogP contribution < -0.4 is 21.3 Å². The first kappa shape index (κ1) is 41.1. The van der Waals surface area contributed by atoms with Crippen molar-refractivity contribution in [3.05, 3.63) is 96.4 Å². The van der Waals surface area contributed by atoms with E-state index in [1.807, 2.05) is 50.2 Å². The molecule has 0 saturated carbocycles. The summed E-state index contributed by atoms with van der Waals surface area (Å²) < 4.78 is 10.3. The highest BCUT2D eigenvalue weighted by Gasteiger charge is 2.48. The molecular weight excluding hydrogens is 745 g/mol. The molecule has 2 aliphatic rings. The van der Waals surface area contributed by atoms with Gasteiger partial charge in [0.15, 0.2) is 0 Å². The van der Waals surface area contributed by atoms with E-state index in [1.54, 1.807) is 53.6 Å². The van der Waals surface area contributed by atoms with Gasteiger partial charge >= 0.3 is 12.1 Å². The van der Waals surface area contributed by atoms with E-state index >= 15 is 0 Å². The first-order valence-electron chi connectivity index (χ1n) is 19.1. The van der Waals surface area contributed by atoms with Crippen molar-refractivity contribution in [2.24, 2.45) is 5.92 Å². The molecule has 7 amide bonds. The summed E-state index contributed by atoms with van der Waals surface area (Å²) >= 11 is 0. The first-order valence-corrected chi connectivity index (χ1v) is 19.1. The number of alkyl carbamates (subject to hydrolysis) is 1. The Labute approximate surface area is 336 Å². The van der Waals surface area contributed by atoms with Gasteiger partial charge in [-0.2, -0.15) is 0 Å². The molecule has 5 N–H and O–H groups in total. The number of imide groups is 1. The van der Waals surface area contributed by atoms with Crippen LogP contribution in [0, 0.1) is 5.92 Å². The van der Waals surface area contributed by atoms with Crippen molar-refractivity contribution < 1.29 is 38.2 Å². The van der Waals surface area contributed by atoms with Gasteiger partial charge in [-0.25, -0.2) is 14.6 Å². The number of benzene rings is 3. The number of imidazole rings is 1. The zero-order valence-electron chi connectivity index (χ0n) is 32.8. The van der Waals surface area contributed by atoms with Gasteiger partial charge in [-0.1, -0.05) is 80.6 Å². The Bertz CT molecular complexity index is 2110. The highest BCUT2D eigenvalue weighted by molar-refractivity contribution is 6.04. The maximum Gasteiger partial charge on any atom is 0.407 e. The van der Waals surface area contributed by atoms with Crippen molar-refractivity contribution in [2.45, 2.75) is 63.4 Å². The van der Waals surface area contributed by atoms with Crippen LogP contribution in [0.3, 0.4) is 0 Å². The van der Waals surface area contributed by atoms with Gasteiger partial charge in [0, 0.05) is 31.5 Å². The lowest BCUT2D eigenvalue weighted by atomic mass is 10.0. The minimum atomic E-state index is -1.84. The zero-order chi connectivity index (χ0) is 41.4. The number of urea groups is 1. The number of H-pyrrole nitrogens is 1. The fourth-order valence-corrected chi connectivity index (χ4v) is 7.56. The highest BCUT2D eigenvalue weighted by Crippen LogP contribution is 2.34. The zero-order valence-corrected chi connectivity index (χ0v) is 32.8. The second-order valence-electron chi connectivity index (χ2n) is 14.5. The van der Waals surface area contributed by atoms with Gasteiger partial charge in [0.1, 0.15) is 17.9 Å². The van der Waals surface area contributed by atoms with E-state index in [1.165, 1.54) is 19.1 Å². The maximum absolute atomic E-state index is 13.8. The smallest absolute Gasteiger partial charge is 0.407 e. The van der Waals surface area contributed by atoms with Crippen LogP contribution in [0.5, 0.6) is 0 Å². The fraction of sp³-hybridized carbons (Fsp3) is 0.357. The number of hydrogen-bond donors (Lipinski definition) is 5. The lowest BCUT2D eigenvalue weighted by Crippen LogP contribution is -2.59. The second-order valence-corrected chi connectivity index (χ2v) is 14.5. The maximum atomic E-state index is 13.8. The van der Waals surface area contributed by atoms with E-state index in [2.05, 4.69) is 31.2 Å². The van der Waals surface area contributed by atoms with Crippen molar-refractivity contribution in [1.29, 1.82) is 0 Å². The summed E-state index contributed by atoms with van der Waals surface area (Å²) in [6.45, 7) is 4.55. The number of anilines is 1. The Kier molecular flexibility index (Phi) is 12.9. The number of rotatable bonds is 13. The first-order chi connectivity index (χ1) is 28.0. The van der Waals surface area contributed by atoms with Crippen LogP contribution in [0.1, 0.15) is 57.0 Å². The molecule has 0 unspecified atom stereocenters. The fourth-order valence-electron chi connectivity index (χ4n) is 7.56. The second kappa shape index (κ2) is 18.1. The molecule has 58 heavy (non-hydrogen) atoms. The van der Waals surface area contributed by atoms with Gasteiger partial charge in [0.2, 0.25) is 18.0 Å². The van der Waals surface area contributed by atoms with Gasteiger partial charge in [0.25, 0.3) is 11.8 Å². The van der Waals surface area contributed by atoms with Gasteiger partial charge in [-0.3, -0.25) is 24.5 Å². The summed E-state index contributed by atoms with van der Waals surface area (Å²) in [6, 6.07) is 20.8. The Morgan fingerprint density at radius 3 is 2.14 bits per heavy atom. The molecular formula is C42H48N8O8. The number of methoxy groups -OCH3 is 2. The number of nitrogens with one attached hydrogen (secondary N) is 5. The molecule has 2 saturated heterocycles. The highest BCUT2D eigenvalue weighted by atomic mass is 16.5. The predicted molar refractivity (Wildman–Crippen MR) is 214 cm³/mol. The van der Waals surface area contributed by atoms with Gasteiger partial charge < -0.3 is 40.2 Å². The summed E-state index contributed by atoms with van der Waals surface area (Å²) in [7, 11) is 2.57. The largest absolute Gasteiger partial charge is 0.453 e. The van der Waals surface area contributed by atoms with E-state index in [-0.39, 0.29) is 24.4 Å². The molecule has 4 aromatic rings. The number of carbonyl (C=O) groups is 6. The molecule has 6 rings (SSSR count). The van der Waals surface area contributed by atoms with Crippen molar-refractivity contribution in [2.75, 3.05) is 32.6 Å². The molecule has 304 valence electrons. The normalized spacial score (nSPS) is 17.9. The Hall–Kier alpha value is -6.55. The van der Waals surface area contributed by atoms with Gasteiger partial charge in [-0.15, -0.1) is 0 Å². The molecule has 2 aliphatic heterocycles. The molecule has 3 heterocycles. The van der Waals surface area contributed by atoms with Crippen molar-refractivity contribution >= 4 is 41.9 Å². The van der Waals surface area contributed by atoms with E-state index in [0.29, 0.717) is 42.9 Å². The van der Waals surface area contributed by atoms with Crippen LogP contribution in [0.25, 0.3) is 22.4 Å².